The first kappa shape index (κ1) is 5.47. The molecule has 10 heavy (non-hydrogen) atoms. The van der Waals surface area contributed by atoms with Gasteiger partial charge in [0.05, 0.1) is 12.0 Å². The molecule has 0 bridgehead atoms. The van der Waals surface area contributed by atoms with Crippen LogP contribution in [0.25, 0.3) is 0 Å². The van der Waals surface area contributed by atoms with Gasteiger partial charge in [-0.25, -0.2) is 4.99 Å². The van der Waals surface area contributed by atoms with Crippen LogP contribution in [0.15, 0.2) is 23.2 Å². The quantitative estimate of drug-likeness (QED) is 0.563. The van der Waals surface area contributed by atoms with E-state index in [-0.39, 0.29) is 0 Å². The van der Waals surface area contributed by atoms with Gasteiger partial charge in [0.15, 0.2) is 0 Å². The van der Waals surface area contributed by atoms with E-state index in [1.165, 1.54) is 5.56 Å². The second-order valence-corrected chi connectivity index (χ2v) is 2.19. The van der Waals surface area contributed by atoms with Gasteiger partial charge in [0.25, 0.3) is 0 Å². The largest absolute Gasteiger partial charge is 0.372 e. The van der Waals surface area contributed by atoms with E-state index < -0.39 is 0 Å². The summed E-state index contributed by atoms with van der Waals surface area (Å²) < 4.78 is 0. The molecule has 1 N–H and O–H groups in total. The molecule has 1 radical (unpaired) electrons. The molecule has 2 heteroatoms. The molecule has 1 aromatic carbocycles. The second kappa shape index (κ2) is 2.14. The summed E-state index contributed by atoms with van der Waals surface area (Å²) >= 11 is 0. The molecule has 2 nitrogen and oxygen atoms in total. The van der Waals surface area contributed by atoms with Crippen LogP contribution >= 0.6 is 0 Å². The fourth-order valence-corrected chi connectivity index (χ4v) is 0.994. The molecule has 0 fully saturated rings. The Bertz CT molecular complexity index is 266. The first-order valence-electron chi connectivity index (χ1n) is 3.22. The maximum Gasteiger partial charge on any atom is 0.0889 e. The van der Waals surface area contributed by atoms with Crippen LogP contribution in [-0.4, -0.2) is 6.34 Å². The highest BCUT2D eigenvalue weighted by molar-refractivity contribution is 5.66. The van der Waals surface area contributed by atoms with Crippen molar-refractivity contribution < 1.29 is 0 Å². The van der Waals surface area contributed by atoms with Crippen molar-refractivity contribution in [3.05, 3.63) is 29.8 Å². The first-order valence-corrected chi connectivity index (χ1v) is 3.22. The molecule has 0 aliphatic carbocycles. The Labute approximate surface area is 59.6 Å². The van der Waals surface area contributed by atoms with E-state index >= 15 is 0 Å². The Morgan fingerprint density at radius 3 is 3.50 bits per heavy atom. The van der Waals surface area contributed by atoms with Crippen LogP contribution in [0.3, 0.4) is 0 Å². The summed E-state index contributed by atoms with van der Waals surface area (Å²) in [5, 5.41) is 3.04. The summed E-state index contributed by atoms with van der Waals surface area (Å²) in [6, 6.07) is 8.81. The van der Waals surface area contributed by atoms with Gasteiger partial charge in [0.1, 0.15) is 0 Å². The molecule has 0 unspecified atom stereocenters. The first-order chi connectivity index (χ1) is 4.97. The zero-order valence-corrected chi connectivity index (χ0v) is 5.46. The summed E-state index contributed by atoms with van der Waals surface area (Å²) in [5.74, 6) is 0. The van der Waals surface area contributed by atoms with E-state index in [1.807, 2.05) is 18.2 Å². The normalized spacial score (nSPS) is 14.0. The van der Waals surface area contributed by atoms with Gasteiger partial charge in [-0.05, 0) is 17.7 Å². The molecular formula is C8H7N2. The van der Waals surface area contributed by atoms with Crippen LogP contribution < -0.4 is 5.32 Å². The highest BCUT2D eigenvalue weighted by Gasteiger charge is 2.00. The molecule has 0 saturated heterocycles. The molecule has 0 amide bonds. The van der Waals surface area contributed by atoms with Gasteiger partial charge in [-0.2, -0.15) is 0 Å². The van der Waals surface area contributed by atoms with E-state index in [0.29, 0.717) is 0 Å². The number of fused-ring (bicyclic) bond motifs is 1. The van der Waals surface area contributed by atoms with Crippen molar-refractivity contribution in [1.82, 2.24) is 5.32 Å². The number of benzene rings is 1. The lowest BCUT2D eigenvalue weighted by Gasteiger charge is -2.09. The third-order valence-electron chi connectivity index (χ3n) is 1.52. The lowest BCUT2D eigenvalue weighted by atomic mass is 10.2. The maximum atomic E-state index is 4.13. The molecule has 0 spiro atoms. The average Bonchev–Trinajstić information content (AvgIpc) is 2.05. The minimum absolute atomic E-state index is 0.882. The van der Waals surface area contributed by atoms with E-state index in [2.05, 4.69) is 16.4 Å². The fourth-order valence-electron chi connectivity index (χ4n) is 0.994. The van der Waals surface area contributed by atoms with Gasteiger partial charge in [-0.15, -0.1) is 0 Å². The minimum atomic E-state index is 0.882. The molecule has 0 aromatic heterocycles. The van der Waals surface area contributed by atoms with Crippen LogP contribution in [0.1, 0.15) is 5.56 Å². The molecule has 49 valence electrons. The molecule has 0 saturated carbocycles. The smallest absolute Gasteiger partial charge is 0.0889 e. The summed E-state index contributed by atoms with van der Waals surface area (Å²) in [6.45, 7) is 0.882. The Kier molecular flexibility index (Phi) is 1.17. The summed E-state index contributed by atoms with van der Waals surface area (Å²) in [6.07, 6.45) is 1.72. The predicted molar refractivity (Wildman–Crippen MR) is 40.3 cm³/mol. The third-order valence-corrected chi connectivity index (χ3v) is 1.52. The van der Waals surface area contributed by atoms with Gasteiger partial charge >= 0.3 is 0 Å². The fraction of sp³-hybridized carbons (Fsp3) is 0.125. The van der Waals surface area contributed by atoms with Crippen LogP contribution in [0, 0.1) is 6.07 Å². The number of rotatable bonds is 0. The third kappa shape index (κ3) is 0.778. The molecular weight excluding hydrogens is 124 g/mol. The van der Waals surface area contributed by atoms with Crippen LogP contribution in [0.2, 0.25) is 0 Å². The lowest BCUT2D eigenvalue weighted by Crippen LogP contribution is -2.13. The summed E-state index contributed by atoms with van der Waals surface area (Å²) in [7, 11) is 0. The van der Waals surface area contributed by atoms with E-state index in [0.717, 1.165) is 12.2 Å². The van der Waals surface area contributed by atoms with Crippen molar-refractivity contribution in [3.8, 4) is 0 Å². The zero-order chi connectivity index (χ0) is 6.81. The second-order valence-electron chi connectivity index (χ2n) is 2.19. The number of aliphatic imine (C=N–C) groups is 1. The molecule has 1 aliphatic rings. The SMILES string of the molecule is [c]1ccc2c(c1)N=CNC2. The molecule has 1 aromatic rings. The molecule has 1 aliphatic heterocycles. The molecule has 0 atom stereocenters. The van der Waals surface area contributed by atoms with Gasteiger partial charge in [0.2, 0.25) is 0 Å². The van der Waals surface area contributed by atoms with Crippen molar-refractivity contribution in [2.75, 3.05) is 0 Å². The molecule has 2 rings (SSSR count). The van der Waals surface area contributed by atoms with E-state index in [4.69, 9.17) is 0 Å². The highest BCUT2D eigenvalue weighted by Crippen LogP contribution is 2.18. The van der Waals surface area contributed by atoms with Crippen molar-refractivity contribution >= 4 is 12.0 Å². The van der Waals surface area contributed by atoms with Crippen LogP contribution in [-0.2, 0) is 6.54 Å². The Hall–Kier alpha value is -1.31. The number of nitrogens with one attached hydrogen (secondary N) is 1. The standard InChI is InChI=1S/C8H7N2/c1-2-4-8-7(3-1)5-9-6-10-8/h1,3-4,6H,5H2,(H,9,10). The van der Waals surface area contributed by atoms with Crippen molar-refractivity contribution in [2.45, 2.75) is 6.54 Å². The monoisotopic (exact) mass is 131 g/mol. The number of hydrogen-bond acceptors (Lipinski definition) is 2. The summed E-state index contributed by atoms with van der Waals surface area (Å²) in [5.41, 5.74) is 2.27. The number of nitrogens with zero attached hydrogens (tertiary/aromatic N) is 1. The maximum absolute atomic E-state index is 4.13. The van der Waals surface area contributed by atoms with Crippen molar-refractivity contribution in [3.63, 3.8) is 0 Å². The van der Waals surface area contributed by atoms with Crippen molar-refractivity contribution in [1.29, 1.82) is 0 Å². The molecule has 1 heterocycles. The van der Waals surface area contributed by atoms with Crippen molar-refractivity contribution in [2.24, 2.45) is 4.99 Å². The van der Waals surface area contributed by atoms with Gasteiger partial charge in [0, 0.05) is 6.54 Å². The Balaban J connectivity index is 2.54. The van der Waals surface area contributed by atoms with Gasteiger partial charge in [-0.3, -0.25) is 0 Å². The van der Waals surface area contributed by atoms with E-state index in [1.54, 1.807) is 6.34 Å². The van der Waals surface area contributed by atoms with Gasteiger partial charge < -0.3 is 5.32 Å². The highest BCUT2D eigenvalue weighted by atomic mass is 15.0. The van der Waals surface area contributed by atoms with Gasteiger partial charge in [-0.1, -0.05) is 12.1 Å². The van der Waals surface area contributed by atoms with Crippen LogP contribution in [0.5, 0.6) is 0 Å². The summed E-state index contributed by atoms with van der Waals surface area (Å²) in [4.78, 5) is 4.13. The lowest BCUT2D eigenvalue weighted by molar-refractivity contribution is 0.913. The zero-order valence-electron chi connectivity index (χ0n) is 5.46. The van der Waals surface area contributed by atoms with Crippen LogP contribution in [0.4, 0.5) is 5.69 Å². The average molecular weight is 131 g/mol. The number of hydrogen-bond donors (Lipinski definition) is 1. The topological polar surface area (TPSA) is 24.4 Å². The Morgan fingerprint density at radius 2 is 2.60 bits per heavy atom. The predicted octanol–water partition coefficient (Wildman–Crippen LogP) is 1.25. The Morgan fingerprint density at radius 1 is 1.60 bits per heavy atom. The van der Waals surface area contributed by atoms with E-state index in [9.17, 15) is 0 Å². The minimum Gasteiger partial charge on any atom is -0.372 e.